The lowest BCUT2D eigenvalue weighted by Gasteiger charge is -2.13. The maximum atomic E-state index is 11.8. The minimum atomic E-state index is -3.68. The van der Waals surface area contributed by atoms with E-state index in [4.69, 9.17) is 5.73 Å². The van der Waals surface area contributed by atoms with Gasteiger partial charge in [-0.15, -0.1) is 0 Å². The van der Waals surface area contributed by atoms with Crippen LogP contribution >= 0.6 is 0 Å². The first-order chi connectivity index (χ1) is 8.86. The van der Waals surface area contributed by atoms with Crippen LogP contribution in [0.5, 0.6) is 0 Å². The molecule has 19 heavy (non-hydrogen) atoms. The molecular formula is C12H19N3O3S. The number of hydrogen-bond acceptors (Lipinski definition) is 4. The molecule has 0 bridgehead atoms. The van der Waals surface area contributed by atoms with Crippen molar-refractivity contribution in [2.45, 2.75) is 24.8 Å². The lowest BCUT2D eigenvalue weighted by Crippen LogP contribution is -2.33. The summed E-state index contributed by atoms with van der Waals surface area (Å²) in [6, 6.07) is 6.65. The summed E-state index contributed by atoms with van der Waals surface area (Å²) in [6.45, 7) is 4.43. The number of nitrogens with two attached hydrogens (primary N) is 1. The molecule has 1 amide bonds. The van der Waals surface area contributed by atoms with Crippen molar-refractivity contribution >= 4 is 15.9 Å². The predicted octanol–water partition coefficient (Wildman–Crippen LogP) is 0.121. The van der Waals surface area contributed by atoms with Crippen LogP contribution in [0.4, 0.5) is 0 Å². The molecule has 0 aliphatic heterocycles. The van der Waals surface area contributed by atoms with E-state index in [0.717, 1.165) is 12.1 Å². The number of nitrogens with one attached hydrogen (secondary N) is 2. The van der Waals surface area contributed by atoms with Crippen LogP contribution in [0.1, 0.15) is 25.5 Å². The minimum Gasteiger partial charge on any atom is -0.369 e. The summed E-state index contributed by atoms with van der Waals surface area (Å²) in [7, 11) is -3.68. The second-order valence-corrected chi connectivity index (χ2v) is 5.91. The lowest BCUT2D eigenvalue weighted by atomic mass is 10.1. The number of sulfonamides is 1. The van der Waals surface area contributed by atoms with Gasteiger partial charge in [0.15, 0.2) is 0 Å². The van der Waals surface area contributed by atoms with Gasteiger partial charge in [0.25, 0.3) is 0 Å². The number of amides is 1. The molecule has 106 valence electrons. The summed E-state index contributed by atoms with van der Waals surface area (Å²) >= 11 is 0. The SMILES string of the molecule is CCNC(C)c1ccc(S(=O)(=O)NCC(N)=O)cc1. The first kappa shape index (κ1) is 15.6. The molecule has 7 heteroatoms. The predicted molar refractivity (Wildman–Crippen MR) is 72.9 cm³/mol. The number of primary amides is 1. The molecule has 1 aromatic rings. The van der Waals surface area contributed by atoms with Crippen LogP contribution in [0.15, 0.2) is 29.2 Å². The van der Waals surface area contributed by atoms with Crippen molar-refractivity contribution in [3.05, 3.63) is 29.8 Å². The highest BCUT2D eigenvalue weighted by molar-refractivity contribution is 7.89. The Hall–Kier alpha value is -1.44. The molecule has 0 radical (unpaired) electrons. The second-order valence-electron chi connectivity index (χ2n) is 4.14. The summed E-state index contributed by atoms with van der Waals surface area (Å²) in [5.74, 6) is -0.721. The fourth-order valence-corrected chi connectivity index (χ4v) is 2.60. The molecule has 0 saturated heterocycles. The highest BCUT2D eigenvalue weighted by Gasteiger charge is 2.15. The summed E-state index contributed by atoms with van der Waals surface area (Å²) in [4.78, 5) is 10.7. The Balaban J connectivity index is 2.83. The van der Waals surface area contributed by atoms with E-state index in [1.54, 1.807) is 12.1 Å². The molecule has 6 nitrogen and oxygen atoms in total. The molecule has 0 saturated carbocycles. The third-order valence-electron chi connectivity index (χ3n) is 2.64. The molecule has 0 spiro atoms. The molecule has 4 N–H and O–H groups in total. The number of carbonyl (C=O) groups is 1. The molecule has 0 fully saturated rings. The zero-order valence-corrected chi connectivity index (χ0v) is 11.8. The van der Waals surface area contributed by atoms with Crippen molar-refractivity contribution < 1.29 is 13.2 Å². The van der Waals surface area contributed by atoms with Gasteiger partial charge in [-0.1, -0.05) is 19.1 Å². The van der Waals surface area contributed by atoms with Crippen molar-refractivity contribution in [2.24, 2.45) is 5.73 Å². The molecule has 0 aliphatic carbocycles. The van der Waals surface area contributed by atoms with Gasteiger partial charge in [-0.2, -0.15) is 0 Å². The molecule has 1 unspecified atom stereocenters. The molecule has 1 rings (SSSR count). The van der Waals surface area contributed by atoms with Crippen LogP contribution in [0.25, 0.3) is 0 Å². The van der Waals surface area contributed by atoms with Crippen LogP contribution in [0.3, 0.4) is 0 Å². The molecular weight excluding hydrogens is 266 g/mol. The van der Waals surface area contributed by atoms with Crippen molar-refractivity contribution in [3.8, 4) is 0 Å². The van der Waals surface area contributed by atoms with Crippen molar-refractivity contribution in [1.82, 2.24) is 10.0 Å². The maximum Gasteiger partial charge on any atom is 0.241 e. The largest absolute Gasteiger partial charge is 0.369 e. The normalized spacial score (nSPS) is 13.2. The fourth-order valence-electron chi connectivity index (χ4n) is 1.61. The third kappa shape index (κ3) is 4.62. The third-order valence-corrected chi connectivity index (χ3v) is 4.05. The Morgan fingerprint density at radius 2 is 1.89 bits per heavy atom. The molecule has 0 aliphatic rings. The van der Waals surface area contributed by atoms with Gasteiger partial charge in [-0.25, -0.2) is 13.1 Å². The van der Waals surface area contributed by atoms with E-state index in [1.165, 1.54) is 12.1 Å². The fraction of sp³-hybridized carbons (Fsp3) is 0.417. The Morgan fingerprint density at radius 3 is 2.37 bits per heavy atom. The van der Waals surface area contributed by atoms with Crippen molar-refractivity contribution in [3.63, 3.8) is 0 Å². The quantitative estimate of drug-likeness (QED) is 0.662. The zero-order valence-electron chi connectivity index (χ0n) is 11.0. The van der Waals surface area contributed by atoms with Crippen LogP contribution in [-0.4, -0.2) is 27.4 Å². The van der Waals surface area contributed by atoms with Crippen LogP contribution < -0.4 is 15.8 Å². The van der Waals surface area contributed by atoms with Gasteiger partial charge in [0, 0.05) is 6.04 Å². The second kappa shape index (κ2) is 6.65. The Morgan fingerprint density at radius 1 is 1.32 bits per heavy atom. The van der Waals surface area contributed by atoms with Gasteiger partial charge in [-0.05, 0) is 31.2 Å². The van der Waals surface area contributed by atoms with Crippen LogP contribution in [0.2, 0.25) is 0 Å². The molecule has 0 aromatic heterocycles. The Labute approximate surface area is 113 Å². The summed E-state index contributed by atoms with van der Waals surface area (Å²) in [6.07, 6.45) is 0. The Kier molecular flexibility index (Phi) is 5.46. The van der Waals surface area contributed by atoms with E-state index < -0.39 is 22.5 Å². The van der Waals surface area contributed by atoms with E-state index in [2.05, 4.69) is 10.0 Å². The van der Waals surface area contributed by atoms with Gasteiger partial charge >= 0.3 is 0 Å². The summed E-state index contributed by atoms with van der Waals surface area (Å²) in [5.41, 5.74) is 5.90. The first-order valence-electron chi connectivity index (χ1n) is 5.98. The molecule has 1 aromatic carbocycles. The zero-order chi connectivity index (χ0) is 14.5. The van der Waals surface area contributed by atoms with Gasteiger partial charge in [0.05, 0.1) is 11.4 Å². The maximum absolute atomic E-state index is 11.8. The topological polar surface area (TPSA) is 101 Å². The number of carbonyl (C=O) groups excluding carboxylic acids is 1. The van der Waals surface area contributed by atoms with Gasteiger partial charge in [0.2, 0.25) is 15.9 Å². The van der Waals surface area contributed by atoms with E-state index in [-0.39, 0.29) is 10.9 Å². The number of hydrogen-bond donors (Lipinski definition) is 3. The van der Waals surface area contributed by atoms with E-state index in [1.807, 2.05) is 13.8 Å². The van der Waals surface area contributed by atoms with E-state index in [0.29, 0.717) is 0 Å². The summed E-state index contributed by atoms with van der Waals surface area (Å²) in [5, 5.41) is 3.23. The number of benzene rings is 1. The van der Waals surface area contributed by atoms with Crippen molar-refractivity contribution in [1.29, 1.82) is 0 Å². The van der Waals surface area contributed by atoms with Crippen LogP contribution in [0, 0.1) is 0 Å². The highest BCUT2D eigenvalue weighted by atomic mass is 32.2. The Bertz CT molecular complexity index is 526. The number of rotatable bonds is 7. The van der Waals surface area contributed by atoms with E-state index >= 15 is 0 Å². The van der Waals surface area contributed by atoms with Gasteiger partial charge < -0.3 is 11.1 Å². The highest BCUT2D eigenvalue weighted by Crippen LogP contribution is 2.15. The first-order valence-corrected chi connectivity index (χ1v) is 7.46. The van der Waals surface area contributed by atoms with E-state index in [9.17, 15) is 13.2 Å². The van der Waals surface area contributed by atoms with Gasteiger partial charge in [0.1, 0.15) is 0 Å². The molecule has 1 atom stereocenters. The average Bonchev–Trinajstić information content (AvgIpc) is 2.37. The smallest absolute Gasteiger partial charge is 0.241 e. The molecule has 0 heterocycles. The summed E-state index contributed by atoms with van der Waals surface area (Å²) < 4.78 is 25.7. The average molecular weight is 285 g/mol. The lowest BCUT2D eigenvalue weighted by molar-refractivity contribution is -0.116. The van der Waals surface area contributed by atoms with Gasteiger partial charge in [-0.3, -0.25) is 4.79 Å². The standard InChI is InChI=1S/C12H19N3O3S/c1-3-14-9(2)10-4-6-11(7-5-10)19(17,18)15-8-12(13)16/h4-7,9,14-15H,3,8H2,1-2H3,(H2,13,16). The minimum absolute atomic E-state index is 0.112. The van der Waals surface area contributed by atoms with Crippen LogP contribution in [-0.2, 0) is 14.8 Å². The monoisotopic (exact) mass is 285 g/mol. The van der Waals surface area contributed by atoms with Crippen molar-refractivity contribution in [2.75, 3.05) is 13.1 Å².